The molecule has 2 rings (SSSR count). The molecule has 4 nitrogen and oxygen atoms in total. The highest BCUT2D eigenvalue weighted by Gasteiger charge is 2.28. The standard InChI is InChI=1S/C20H30N2O2/c1-4-5-10-19(23)21-18(13-15(2)3)20(24)22-12-11-16-8-6-7-9-17(16)14-22/h6-9,15,18H,4-5,10-14H2,1-3H3,(H,21,23)/t18-/m1/s1. The number of rotatable bonds is 7. The predicted octanol–water partition coefficient (Wildman–Crippen LogP) is 3.29. The third-order valence-corrected chi connectivity index (χ3v) is 4.54. The van der Waals surface area contributed by atoms with Crippen molar-refractivity contribution in [1.29, 1.82) is 0 Å². The number of unbranched alkanes of at least 4 members (excludes halogenated alkanes) is 1. The lowest BCUT2D eigenvalue weighted by Crippen LogP contribution is -2.50. The molecule has 0 saturated heterocycles. The summed E-state index contributed by atoms with van der Waals surface area (Å²) in [5, 5.41) is 2.97. The van der Waals surface area contributed by atoms with Gasteiger partial charge < -0.3 is 10.2 Å². The topological polar surface area (TPSA) is 49.4 Å². The van der Waals surface area contributed by atoms with Gasteiger partial charge in [0, 0.05) is 19.5 Å². The van der Waals surface area contributed by atoms with Gasteiger partial charge in [-0.2, -0.15) is 0 Å². The quantitative estimate of drug-likeness (QED) is 0.834. The summed E-state index contributed by atoms with van der Waals surface area (Å²) in [6, 6.07) is 7.89. The molecular weight excluding hydrogens is 300 g/mol. The maximum Gasteiger partial charge on any atom is 0.245 e. The Bertz CT molecular complexity index is 569. The molecule has 24 heavy (non-hydrogen) atoms. The minimum Gasteiger partial charge on any atom is -0.344 e. The largest absolute Gasteiger partial charge is 0.344 e. The normalized spacial score (nSPS) is 15.1. The second-order valence-corrected chi connectivity index (χ2v) is 7.13. The molecule has 1 aliphatic rings. The number of nitrogens with zero attached hydrogens (tertiary/aromatic N) is 1. The second-order valence-electron chi connectivity index (χ2n) is 7.13. The van der Waals surface area contributed by atoms with Crippen LogP contribution in [0.4, 0.5) is 0 Å². The van der Waals surface area contributed by atoms with Gasteiger partial charge in [0.2, 0.25) is 11.8 Å². The molecule has 1 aromatic carbocycles. The Morgan fingerprint density at radius 2 is 1.92 bits per heavy atom. The maximum atomic E-state index is 13.0. The van der Waals surface area contributed by atoms with E-state index in [9.17, 15) is 9.59 Å². The third-order valence-electron chi connectivity index (χ3n) is 4.54. The van der Waals surface area contributed by atoms with Crippen LogP contribution in [0.5, 0.6) is 0 Å². The summed E-state index contributed by atoms with van der Waals surface area (Å²) in [5.74, 6) is 0.416. The monoisotopic (exact) mass is 330 g/mol. The van der Waals surface area contributed by atoms with E-state index in [-0.39, 0.29) is 11.8 Å². The molecule has 0 saturated carbocycles. The van der Waals surface area contributed by atoms with Gasteiger partial charge >= 0.3 is 0 Å². The Kier molecular flexibility index (Phi) is 6.83. The lowest BCUT2D eigenvalue weighted by atomic mass is 9.97. The van der Waals surface area contributed by atoms with Crippen molar-refractivity contribution in [2.45, 2.75) is 65.5 Å². The fraction of sp³-hybridized carbons (Fsp3) is 0.600. The van der Waals surface area contributed by atoms with Gasteiger partial charge in [0.1, 0.15) is 6.04 Å². The zero-order valence-electron chi connectivity index (χ0n) is 15.2. The van der Waals surface area contributed by atoms with Crippen LogP contribution in [0, 0.1) is 5.92 Å². The van der Waals surface area contributed by atoms with Crippen LogP contribution in [0.3, 0.4) is 0 Å². The van der Waals surface area contributed by atoms with Gasteiger partial charge in [-0.3, -0.25) is 9.59 Å². The van der Waals surface area contributed by atoms with Gasteiger partial charge in [-0.15, -0.1) is 0 Å². The highest BCUT2D eigenvalue weighted by molar-refractivity contribution is 5.87. The fourth-order valence-electron chi connectivity index (χ4n) is 3.20. The highest BCUT2D eigenvalue weighted by atomic mass is 16.2. The van der Waals surface area contributed by atoms with Crippen molar-refractivity contribution < 1.29 is 9.59 Å². The van der Waals surface area contributed by atoms with Crippen molar-refractivity contribution in [1.82, 2.24) is 10.2 Å². The van der Waals surface area contributed by atoms with Gasteiger partial charge in [0.25, 0.3) is 0 Å². The van der Waals surface area contributed by atoms with E-state index in [1.807, 2.05) is 17.0 Å². The van der Waals surface area contributed by atoms with Crippen LogP contribution in [0.15, 0.2) is 24.3 Å². The summed E-state index contributed by atoms with van der Waals surface area (Å²) in [6.07, 6.45) is 3.93. The average Bonchev–Trinajstić information content (AvgIpc) is 2.58. The molecule has 4 heteroatoms. The molecular formula is C20H30N2O2. The lowest BCUT2D eigenvalue weighted by molar-refractivity contribution is -0.137. The molecule has 0 unspecified atom stereocenters. The molecule has 1 N–H and O–H groups in total. The third kappa shape index (κ3) is 5.08. The van der Waals surface area contributed by atoms with Gasteiger partial charge in [-0.1, -0.05) is 51.5 Å². The number of hydrogen-bond acceptors (Lipinski definition) is 2. The van der Waals surface area contributed by atoms with E-state index in [1.165, 1.54) is 11.1 Å². The molecule has 2 amide bonds. The van der Waals surface area contributed by atoms with Crippen molar-refractivity contribution >= 4 is 11.8 Å². The van der Waals surface area contributed by atoms with E-state index in [4.69, 9.17) is 0 Å². The van der Waals surface area contributed by atoms with Crippen LogP contribution in [0.25, 0.3) is 0 Å². The maximum absolute atomic E-state index is 13.0. The molecule has 1 heterocycles. The molecule has 1 atom stereocenters. The van der Waals surface area contributed by atoms with Gasteiger partial charge in [0.15, 0.2) is 0 Å². The van der Waals surface area contributed by atoms with Gasteiger partial charge in [0.05, 0.1) is 0 Å². The van der Waals surface area contributed by atoms with Crippen LogP contribution in [-0.4, -0.2) is 29.3 Å². The summed E-state index contributed by atoms with van der Waals surface area (Å²) in [5.41, 5.74) is 2.55. The summed E-state index contributed by atoms with van der Waals surface area (Å²) in [6.45, 7) is 7.62. The Morgan fingerprint density at radius 1 is 1.21 bits per heavy atom. The molecule has 1 aromatic rings. The number of carbonyl (C=O) groups is 2. The van der Waals surface area contributed by atoms with Gasteiger partial charge in [-0.25, -0.2) is 0 Å². The molecule has 0 spiro atoms. The summed E-state index contributed by atoms with van der Waals surface area (Å²) in [4.78, 5) is 27.0. The first-order valence-corrected chi connectivity index (χ1v) is 9.16. The second kappa shape index (κ2) is 8.86. The summed E-state index contributed by atoms with van der Waals surface area (Å²) < 4.78 is 0. The number of nitrogens with one attached hydrogen (secondary N) is 1. The number of carbonyl (C=O) groups excluding carboxylic acids is 2. The van der Waals surface area contributed by atoms with Crippen molar-refractivity contribution in [3.63, 3.8) is 0 Å². The average molecular weight is 330 g/mol. The van der Waals surface area contributed by atoms with Crippen molar-refractivity contribution in [2.24, 2.45) is 5.92 Å². The van der Waals surface area contributed by atoms with E-state index < -0.39 is 6.04 Å². The van der Waals surface area contributed by atoms with Crippen LogP contribution in [0.2, 0.25) is 0 Å². The first kappa shape index (κ1) is 18.5. The van der Waals surface area contributed by atoms with Crippen molar-refractivity contribution in [3.8, 4) is 0 Å². The number of fused-ring (bicyclic) bond motifs is 1. The van der Waals surface area contributed by atoms with Crippen molar-refractivity contribution in [2.75, 3.05) is 6.54 Å². The van der Waals surface area contributed by atoms with Crippen LogP contribution in [0.1, 0.15) is 57.6 Å². The first-order chi connectivity index (χ1) is 11.5. The lowest BCUT2D eigenvalue weighted by Gasteiger charge is -2.32. The van der Waals surface area contributed by atoms with E-state index in [0.717, 1.165) is 25.8 Å². The number of hydrogen-bond donors (Lipinski definition) is 1. The Labute approximate surface area is 145 Å². The Hall–Kier alpha value is -1.84. The molecule has 0 aliphatic carbocycles. The van der Waals surface area contributed by atoms with E-state index in [1.54, 1.807) is 0 Å². The van der Waals surface area contributed by atoms with E-state index in [2.05, 4.69) is 38.2 Å². The Morgan fingerprint density at radius 3 is 2.58 bits per heavy atom. The zero-order chi connectivity index (χ0) is 17.5. The zero-order valence-corrected chi connectivity index (χ0v) is 15.2. The number of amides is 2. The minimum absolute atomic E-state index is 0.00624. The Balaban J connectivity index is 2.03. The molecule has 1 aliphatic heterocycles. The first-order valence-electron chi connectivity index (χ1n) is 9.16. The molecule has 132 valence electrons. The van der Waals surface area contributed by atoms with Crippen LogP contribution in [-0.2, 0) is 22.6 Å². The van der Waals surface area contributed by atoms with E-state index in [0.29, 0.717) is 25.3 Å². The minimum atomic E-state index is -0.403. The number of benzene rings is 1. The smallest absolute Gasteiger partial charge is 0.245 e. The summed E-state index contributed by atoms with van der Waals surface area (Å²) in [7, 11) is 0. The SMILES string of the molecule is CCCCC(=O)N[C@H](CC(C)C)C(=O)N1CCc2ccccc2C1. The summed E-state index contributed by atoms with van der Waals surface area (Å²) >= 11 is 0. The van der Waals surface area contributed by atoms with Crippen LogP contribution < -0.4 is 5.32 Å². The molecule has 0 bridgehead atoms. The molecule has 0 fully saturated rings. The van der Waals surface area contributed by atoms with Crippen LogP contribution >= 0.6 is 0 Å². The van der Waals surface area contributed by atoms with Crippen molar-refractivity contribution in [3.05, 3.63) is 35.4 Å². The predicted molar refractivity (Wildman–Crippen MR) is 96.5 cm³/mol. The molecule has 0 aromatic heterocycles. The fourth-order valence-corrected chi connectivity index (χ4v) is 3.20. The van der Waals surface area contributed by atoms with Gasteiger partial charge in [-0.05, 0) is 36.3 Å². The van der Waals surface area contributed by atoms with E-state index >= 15 is 0 Å². The highest BCUT2D eigenvalue weighted by Crippen LogP contribution is 2.20. The molecule has 0 radical (unpaired) electrons.